The number of nitrogens with zero attached hydrogens (tertiary/aromatic N) is 1. The van der Waals surface area contributed by atoms with Crippen LogP contribution in [0.2, 0.25) is 0 Å². The molecule has 1 N–H and O–H groups in total. The van der Waals surface area contributed by atoms with Gasteiger partial charge in [-0.2, -0.15) is 0 Å². The Morgan fingerprint density at radius 2 is 2.16 bits per heavy atom. The average Bonchev–Trinajstić information content (AvgIpc) is 2.91. The number of thiophene rings is 1. The second-order valence-electron chi connectivity index (χ2n) is 3.71. The van der Waals surface area contributed by atoms with Gasteiger partial charge in [0, 0.05) is 0 Å². The van der Waals surface area contributed by atoms with E-state index in [0.717, 1.165) is 13.1 Å². The van der Waals surface area contributed by atoms with Gasteiger partial charge in [0.05, 0.1) is 18.7 Å². The predicted octanol–water partition coefficient (Wildman–Crippen LogP) is 4.78. The van der Waals surface area contributed by atoms with Crippen LogP contribution in [0, 0.1) is 0 Å². The summed E-state index contributed by atoms with van der Waals surface area (Å²) in [6.07, 6.45) is 0. The largest absolute Gasteiger partial charge is 0.478 e. The van der Waals surface area contributed by atoms with E-state index in [0.29, 0.717) is 17.0 Å². The van der Waals surface area contributed by atoms with Gasteiger partial charge < -0.3 is 9.52 Å². The summed E-state index contributed by atoms with van der Waals surface area (Å²) in [4.78, 5) is 15.4. The van der Waals surface area contributed by atoms with Crippen LogP contribution in [0.25, 0.3) is 22.6 Å². The molecule has 0 bridgehead atoms. The van der Waals surface area contributed by atoms with Crippen LogP contribution < -0.4 is 0 Å². The Morgan fingerprint density at radius 3 is 2.79 bits per heavy atom. The summed E-state index contributed by atoms with van der Waals surface area (Å²) < 4.78 is 7.44. The van der Waals surface area contributed by atoms with Crippen molar-refractivity contribution in [3.05, 3.63) is 37.4 Å². The Morgan fingerprint density at radius 1 is 1.37 bits per heavy atom. The molecule has 19 heavy (non-hydrogen) atoms. The van der Waals surface area contributed by atoms with Gasteiger partial charge in [-0.05, 0) is 50.1 Å². The number of para-hydroxylation sites is 1. The fourth-order valence-electron chi connectivity index (χ4n) is 1.72. The predicted molar refractivity (Wildman–Crippen MR) is 79.7 cm³/mol. The number of aromatic carboxylic acids is 1. The third kappa shape index (κ3) is 2.22. The summed E-state index contributed by atoms with van der Waals surface area (Å²) in [5.41, 5.74) is 1.76. The molecule has 0 amide bonds. The zero-order valence-electron chi connectivity index (χ0n) is 9.18. The lowest BCUT2D eigenvalue weighted by atomic mass is 10.2. The van der Waals surface area contributed by atoms with E-state index in [4.69, 9.17) is 9.52 Å². The minimum Gasteiger partial charge on any atom is -0.478 e. The lowest BCUT2D eigenvalue weighted by Gasteiger charge is -1.92. The van der Waals surface area contributed by atoms with Crippen molar-refractivity contribution in [2.45, 2.75) is 0 Å². The van der Waals surface area contributed by atoms with Gasteiger partial charge in [-0.3, -0.25) is 0 Å². The molecule has 96 valence electrons. The molecule has 0 aliphatic rings. The molecule has 0 unspecified atom stereocenters. The Bertz CT molecular complexity index is 793. The molecule has 3 aromatic rings. The van der Waals surface area contributed by atoms with Gasteiger partial charge in [0.15, 0.2) is 5.58 Å². The molecule has 0 aliphatic carbocycles. The SMILES string of the molecule is O=C(O)c1cccc2oc(-c3cc(Br)sc3Br)nc12. The number of carboxylic acids is 1. The molecule has 3 rings (SSSR count). The highest BCUT2D eigenvalue weighted by Crippen LogP contribution is 2.39. The third-order valence-corrected chi connectivity index (χ3v) is 4.88. The lowest BCUT2D eigenvalue weighted by molar-refractivity contribution is 0.0699. The zero-order valence-corrected chi connectivity index (χ0v) is 13.2. The standard InChI is InChI=1S/C12H5Br2NO3S/c13-8-4-6(10(14)19-8)11-15-9-5(12(16)17)2-1-3-7(9)18-11/h1-4H,(H,16,17). The average molecular weight is 403 g/mol. The minimum absolute atomic E-state index is 0.137. The number of oxazole rings is 1. The molecule has 2 aromatic heterocycles. The van der Waals surface area contributed by atoms with Gasteiger partial charge in [-0.1, -0.05) is 6.07 Å². The van der Waals surface area contributed by atoms with Crippen LogP contribution in [0.15, 0.2) is 36.3 Å². The van der Waals surface area contributed by atoms with Crippen LogP contribution in [0.1, 0.15) is 10.4 Å². The second kappa shape index (κ2) is 4.73. The van der Waals surface area contributed by atoms with Crippen molar-refractivity contribution in [3.63, 3.8) is 0 Å². The van der Waals surface area contributed by atoms with E-state index in [1.807, 2.05) is 6.07 Å². The normalized spacial score (nSPS) is 11.1. The number of carboxylic acid groups (broad SMARTS) is 1. The fraction of sp³-hybridized carbons (Fsp3) is 0. The Kier molecular flexibility index (Phi) is 3.20. The summed E-state index contributed by atoms with van der Waals surface area (Å²) in [6.45, 7) is 0. The number of halogens is 2. The fourth-order valence-corrected chi connectivity index (χ4v) is 4.50. The molecule has 0 saturated carbocycles. The highest BCUT2D eigenvalue weighted by molar-refractivity contribution is 9.12. The summed E-state index contributed by atoms with van der Waals surface area (Å²) in [5.74, 6) is -0.617. The quantitative estimate of drug-likeness (QED) is 0.669. The molecule has 0 atom stereocenters. The van der Waals surface area contributed by atoms with Crippen molar-refractivity contribution >= 4 is 60.3 Å². The van der Waals surface area contributed by atoms with Crippen molar-refractivity contribution in [2.24, 2.45) is 0 Å². The highest BCUT2D eigenvalue weighted by atomic mass is 79.9. The molecule has 0 aliphatic heterocycles. The number of hydrogen-bond acceptors (Lipinski definition) is 4. The first-order valence-electron chi connectivity index (χ1n) is 5.14. The first kappa shape index (κ1) is 12.8. The first-order valence-corrected chi connectivity index (χ1v) is 7.54. The first-order chi connectivity index (χ1) is 9.06. The maximum atomic E-state index is 11.1. The number of carbonyl (C=O) groups is 1. The van der Waals surface area contributed by atoms with Crippen LogP contribution in [0.4, 0.5) is 0 Å². The molecule has 4 nitrogen and oxygen atoms in total. The van der Waals surface area contributed by atoms with Gasteiger partial charge in [-0.15, -0.1) is 11.3 Å². The van der Waals surface area contributed by atoms with Crippen molar-refractivity contribution in [3.8, 4) is 11.5 Å². The maximum Gasteiger partial charge on any atom is 0.338 e. The van der Waals surface area contributed by atoms with E-state index >= 15 is 0 Å². The molecule has 0 spiro atoms. The van der Waals surface area contributed by atoms with E-state index in [-0.39, 0.29) is 5.56 Å². The van der Waals surface area contributed by atoms with Gasteiger partial charge in [0.1, 0.15) is 5.52 Å². The topological polar surface area (TPSA) is 63.3 Å². The lowest BCUT2D eigenvalue weighted by Crippen LogP contribution is -1.96. The smallest absolute Gasteiger partial charge is 0.338 e. The Hall–Kier alpha value is -1.18. The van der Waals surface area contributed by atoms with Crippen molar-refractivity contribution in [1.29, 1.82) is 0 Å². The molecule has 1 aromatic carbocycles. The van der Waals surface area contributed by atoms with E-state index in [1.165, 1.54) is 17.4 Å². The molecule has 0 saturated heterocycles. The minimum atomic E-state index is -1.02. The molecule has 0 fully saturated rings. The third-order valence-electron chi connectivity index (χ3n) is 2.54. The zero-order chi connectivity index (χ0) is 13.6. The van der Waals surface area contributed by atoms with E-state index in [9.17, 15) is 4.79 Å². The van der Waals surface area contributed by atoms with Crippen LogP contribution in [-0.4, -0.2) is 16.1 Å². The Balaban J connectivity index is 2.25. The number of fused-ring (bicyclic) bond motifs is 1. The number of hydrogen-bond donors (Lipinski definition) is 1. The summed E-state index contributed by atoms with van der Waals surface area (Å²) in [6, 6.07) is 6.72. The van der Waals surface area contributed by atoms with Crippen molar-refractivity contribution in [1.82, 2.24) is 4.98 Å². The highest BCUT2D eigenvalue weighted by Gasteiger charge is 2.18. The molecule has 2 heterocycles. The number of rotatable bonds is 2. The number of aromatic nitrogens is 1. The van der Waals surface area contributed by atoms with Crippen molar-refractivity contribution in [2.75, 3.05) is 0 Å². The van der Waals surface area contributed by atoms with Gasteiger partial charge >= 0.3 is 5.97 Å². The molecular weight excluding hydrogens is 398 g/mol. The monoisotopic (exact) mass is 401 g/mol. The second-order valence-corrected chi connectivity index (χ2v) is 7.46. The van der Waals surface area contributed by atoms with E-state index < -0.39 is 5.97 Å². The molecular formula is C12H5Br2NO3S. The van der Waals surface area contributed by atoms with Crippen LogP contribution in [0.5, 0.6) is 0 Å². The van der Waals surface area contributed by atoms with E-state index in [1.54, 1.807) is 12.1 Å². The summed E-state index contributed by atoms with van der Waals surface area (Å²) >= 11 is 8.32. The van der Waals surface area contributed by atoms with Gasteiger partial charge in [0.25, 0.3) is 0 Å². The van der Waals surface area contributed by atoms with Gasteiger partial charge in [-0.25, -0.2) is 9.78 Å². The molecule has 0 radical (unpaired) electrons. The summed E-state index contributed by atoms with van der Waals surface area (Å²) in [7, 11) is 0. The maximum absolute atomic E-state index is 11.1. The summed E-state index contributed by atoms with van der Waals surface area (Å²) in [5, 5.41) is 9.13. The van der Waals surface area contributed by atoms with E-state index in [2.05, 4.69) is 36.8 Å². The number of benzene rings is 1. The van der Waals surface area contributed by atoms with Crippen LogP contribution >= 0.6 is 43.2 Å². The van der Waals surface area contributed by atoms with Crippen molar-refractivity contribution < 1.29 is 14.3 Å². The van der Waals surface area contributed by atoms with Crippen LogP contribution in [-0.2, 0) is 0 Å². The van der Waals surface area contributed by atoms with Gasteiger partial charge in [0.2, 0.25) is 5.89 Å². The van der Waals surface area contributed by atoms with Crippen LogP contribution in [0.3, 0.4) is 0 Å². The molecule has 7 heteroatoms. The Labute approximate surface area is 128 Å².